The summed E-state index contributed by atoms with van der Waals surface area (Å²) in [6.45, 7) is 7.99. The lowest BCUT2D eigenvalue weighted by atomic mass is 10.1. The summed E-state index contributed by atoms with van der Waals surface area (Å²) in [6, 6.07) is 7.93. The molecule has 1 aromatic rings. The van der Waals surface area contributed by atoms with Crippen molar-refractivity contribution in [3.05, 3.63) is 29.8 Å². The molecule has 6 heteroatoms. The maximum Gasteiger partial charge on any atom is 0.220 e. The molecule has 0 aliphatic heterocycles. The van der Waals surface area contributed by atoms with Crippen LogP contribution < -0.4 is 5.32 Å². The van der Waals surface area contributed by atoms with E-state index in [0.717, 1.165) is 62.5 Å². The van der Waals surface area contributed by atoms with Gasteiger partial charge >= 0.3 is 0 Å². The minimum Gasteiger partial charge on any atom is -0.379 e. The number of carbonyl (C=O) groups excluding carboxylic acids is 1. The average molecular weight is 483 g/mol. The summed E-state index contributed by atoms with van der Waals surface area (Å²) < 4.78 is 5.69. The lowest BCUT2D eigenvalue weighted by Gasteiger charge is -2.10. The van der Waals surface area contributed by atoms with Crippen LogP contribution in [0.1, 0.15) is 96.5 Å². The lowest BCUT2D eigenvalue weighted by molar-refractivity contribution is -0.121. The minimum absolute atomic E-state index is 0.157. The van der Waals surface area contributed by atoms with Gasteiger partial charge in [0.05, 0.1) is 12.3 Å². The van der Waals surface area contributed by atoms with Crippen LogP contribution in [0.15, 0.2) is 34.6 Å². The van der Waals surface area contributed by atoms with E-state index in [-0.39, 0.29) is 5.91 Å². The molecule has 0 spiro atoms. The van der Waals surface area contributed by atoms with Crippen molar-refractivity contribution in [2.75, 3.05) is 32.8 Å². The molecule has 1 aromatic carbocycles. The number of hydrogen-bond acceptors (Lipinski definition) is 4. The van der Waals surface area contributed by atoms with Crippen molar-refractivity contribution in [2.45, 2.75) is 90.9 Å². The molecule has 0 unspecified atom stereocenters. The summed E-state index contributed by atoms with van der Waals surface area (Å²) in [5.74, 6) is 7.41. The number of amides is 1. The van der Waals surface area contributed by atoms with E-state index < -0.39 is 0 Å². The summed E-state index contributed by atoms with van der Waals surface area (Å²) in [4.78, 5) is 11.9. The fourth-order valence-electron chi connectivity index (χ4n) is 4.23. The van der Waals surface area contributed by atoms with Crippen LogP contribution in [0.25, 0.3) is 0 Å². The largest absolute Gasteiger partial charge is 0.379 e. The van der Waals surface area contributed by atoms with Crippen LogP contribution in [0, 0.1) is 17.8 Å². The monoisotopic (exact) mass is 482 g/mol. The van der Waals surface area contributed by atoms with Gasteiger partial charge in [0.2, 0.25) is 5.91 Å². The summed E-state index contributed by atoms with van der Waals surface area (Å²) in [6.07, 6.45) is 13.7. The van der Waals surface area contributed by atoms with Gasteiger partial charge in [-0.1, -0.05) is 55.6 Å². The summed E-state index contributed by atoms with van der Waals surface area (Å²) in [5, 5.41) is 13.4. The molecule has 0 atom stereocenters. The SMILES string of the molecule is CCN(CC)N=Nc1ccc(C#CCCCCCCCCC(=O)NCCOCC2CCCC2)cc1. The van der Waals surface area contributed by atoms with Crippen LogP contribution in [-0.2, 0) is 9.53 Å². The zero-order valence-corrected chi connectivity index (χ0v) is 22.1. The maximum absolute atomic E-state index is 11.9. The molecule has 1 saturated carbocycles. The van der Waals surface area contributed by atoms with Crippen LogP contribution >= 0.6 is 0 Å². The highest BCUT2D eigenvalue weighted by Crippen LogP contribution is 2.24. The summed E-state index contributed by atoms with van der Waals surface area (Å²) >= 11 is 0. The summed E-state index contributed by atoms with van der Waals surface area (Å²) in [7, 11) is 0. The molecular weight excluding hydrogens is 436 g/mol. The van der Waals surface area contributed by atoms with Gasteiger partial charge < -0.3 is 10.1 Å². The van der Waals surface area contributed by atoms with Crippen LogP contribution in [-0.4, -0.2) is 43.8 Å². The van der Waals surface area contributed by atoms with Gasteiger partial charge in [0, 0.05) is 44.6 Å². The first kappa shape index (κ1) is 28.8. The third-order valence-electron chi connectivity index (χ3n) is 6.47. The second-order valence-corrected chi connectivity index (χ2v) is 9.37. The first-order chi connectivity index (χ1) is 17.2. The quantitative estimate of drug-likeness (QED) is 0.115. The highest BCUT2D eigenvalue weighted by molar-refractivity contribution is 5.75. The van der Waals surface area contributed by atoms with Gasteiger partial charge in [0.25, 0.3) is 0 Å². The molecule has 0 radical (unpaired) electrons. The Kier molecular flexibility index (Phi) is 15.6. The van der Waals surface area contributed by atoms with Crippen molar-refractivity contribution in [1.29, 1.82) is 0 Å². The Morgan fingerprint density at radius 1 is 1.03 bits per heavy atom. The number of benzene rings is 1. The van der Waals surface area contributed by atoms with Crippen molar-refractivity contribution < 1.29 is 9.53 Å². The molecule has 194 valence electrons. The molecule has 1 N–H and O–H groups in total. The Morgan fingerprint density at radius 2 is 1.71 bits per heavy atom. The number of ether oxygens (including phenoxy) is 1. The Hall–Kier alpha value is -2.39. The molecule has 1 fully saturated rings. The number of nitrogens with zero attached hydrogens (tertiary/aromatic N) is 3. The zero-order valence-electron chi connectivity index (χ0n) is 22.1. The van der Waals surface area contributed by atoms with E-state index in [4.69, 9.17) is 4.74 Å². The highest BCUT2D eigenvalue weighted by Gasteiger charge is 2.14. The predicted molar refractivity (Wildman–Crippen MR) is 143 cm³/mol. The Bertz CT molecular complexity index is 772. The van der Waals surface area contributed by atoms with Crippen molar-refractivity contribution in [3.63, 3.8) is 0 Å². The second-order valence-electron chi connectivity index (χ2n) is 9.37. The predicted octanol–water partition coefficient (Wildman–Crippen LogP) is 6.82. The molecule has 6 nitrogen and oxygen atoms in total. The Morgan fingerprint density at radius 3 is 2.43 bits per heavy atom. The van der Waals surface area contributed by atoms with Gasteiger partial charge in [-0.05, 0) is 69.7 Å². The maximum atomic E-state index is 11.9. The molecule has 35 heavy (non-hydrogen) atoms. The third-order valence-corrected chi connectivity index (χ3v) is 6.47. The molecule has 0 aromatic heterocycles. The first-order valence-corrected chi connectivity index (χ1v) is 13.8. The smallest absolute Gasteiger partial charge is 0.220 e. The van der Waals surface area contributed by atoms with Crippen molar-refractivity contribution in [2.24, 2.45) is 16.3 Å². The molecule has 1 amide bonds. The molecule has 2 rings (SSSR count). The highest BCUT2D eigenvalue weighted by atomic mass is 16.5. The minimum atomic E-state index is 0.157. The number of unbranched alkanes of at least 4 members (excludes halogenated alkanes) is 6. The Labute approximate surface area is 213 Å². The van der Waals surface area contributed by atoms with E-state index in [1.807, 2.05) is 29.3 Å². The molecular formula is C29H46N4O2. The summed E-state index contributed by atoms with van der Waals surface area (Å²) in [5.41, 5.74) is 1.87. The van der Waals surface area contributed by atoms with Gasteiger partial charge in [-0.2, -0.15) is 0 Å². The van der Waals surface area contributed by atoms with Gasteiger partial charge in [-0.25, -0.2) is 0 Å². The van der Waals surface area contributed by atoms with Crippen LogP contribution in [0.4, 0.5) is 5.69 Å². The molecule has 1 aliphatic carbocycles. The van der Waals surface area contributed by atoms with Crippen LogP contribution in [0.3, 0.4) is 0 Å². The number of hydrogen-bond donors (Lipinski definition) is 1. The number of nitrogens with one attached hydrogen (secondary N) is 1. The van der Waals surface area contributed by atoms with Crippen molar-refractivity contribution in [1.82, 2.24) is 10.3 Å². The molecule has 0 heterocycles. The van der Waals surface area contributed by atoms with Crippen molar-refractivity contribution in [3.8, 4) is 11.8 Å². The zero-order chi connectivity index (χ0) is 25.0. The van der Waals surface area contributed by atoms with Crippen molar-refractivity contribution >= 4 is 11.6 Å². The van der Waals surface area contributed by atoms with E-state index in [0.29, 0.717) is 19.6 Å². The normalized spacial score (nSPS) is 13.7. The van der Waals surface area contributed by atoms with Gasteiger partial charge in [-0.15, -0.1) is 5.11 Å². The number of rotatable bonds is 17. The van der Waals surface area contributed by atoms with Gasteiger partial charge in [0.15, 0.2) is 0 Å². The standard InChI is InChI=1S/C29H46N4O2/c1-3-33(4-2)32-31-28-21-19-26(20-22-28)15-11-9-7-5-6-8-10-12-18-29(34)30-23-24-35-25-27-16-13-14-17-27/h19-22,27H,3-10,12-14,16-18,23-25H2,1-2H3,(H,30,34). The average Bonchev–Trinajstić information content (AvgIpc) is 3.40. The van der Waals surface area contributed by atoms with E-state index in [9.17, 15) is 4.79 Å². The topological polar surface area (TPSA) is 66.3 Å². The fraction of sp³-hybridized carbons (Fsp3) is 0.690. The van der Waals surface area contributed by atoms with E-state index in [1.54, 1.807) is 0 Å². The van der Waals surface area contributed by atoms with E-state index in [1.165, 1.54) is 44.9 Å². The van der Waals surface area contributed by atoms with Gasteiger partial charge in [-0.3, -0.25) is 9.80 Å². The second kappa shape index (κ2) is 18.9. The third kappa shape index (κ3) is 13.9. The number of carbonyl (C=O) groups is 1. The molecule has 1 aliphatic rings. The van der Waals surface area contributed by atoms with E-state index in [2.05, 4.69) is 41.3 Å². The van der Waals surface area contributed by atoms with Gasteiger partial charge in [0.1, 0.15) is 0 Å². The molecule has 0 bridgehead atoms. The van der Waals surface area contributed by atoms with Crippen LogP contribution in [0.2, 0.25) is 0 Å². The Balaban J connectivity index is 1.41. The van der Waals surface area contributed by atoms with Crippen LogP contribution in [0.5, 0.6) is 0 Å². The first-order valence-electron chi connectivity index (χ1n) is 13.8. The van der Waals surface area contributed by atoms with E-state index >= 15 is 0 Å². The lowest BCUT2D eigenvalue weighted by Crippen LogP contribution is -2.27. The fourth-order valence-corrected chi connectivity index (χ4v) is 4.23. The molecule has 0 saturated heterocycles.